The van der Waals surface area contributed by atoms with Crippen molar-refractivity contribution in [1.82, 2.24) is 14.9 Å². The van der Waals surface area contributed by atoms with Crippen LogP contribution in [0.15, 0.2) is 41.1 Å². The Hall–Kier alpha value is -2.47. The van der Waals surface area contributed by atoms with Crippen molar-refractivity contribution in [2.24, 2.45) is 0 Å². The van der Waals surface area contributed by atoms with Crippen LogP contribution < -0.4 is 4.90 Å². The number of rotatable bonds is 3. The first-order valence-electron chi connectivity index (χ1n) is 8.42. The number of aromatic nitrogens is 2. The monoisotopic (exact) mass is 352 g/mol. The summed E-state index contributed by atoms with van der Waals surface area (Å²) in [5.41, 5.74) is 1.93. The van der Waals surface area contributed by atoms with Crippen molar-refractivity contribution in [3.63, 3.8) is 0 Å². The van der Waals surface area contributed by atoms with Crippen molar-refractivity contribution in [3.8, 4) is 11.4 Å². The molecule has 1 aliphatic rings. The van der Waals surface area contributed by atoms with E-state index in [9.17, 15) is 4.79 Å². The van der Waals surface area contributed by atoms with Crippen molar-refractivity contribution in [1.29, 1.82) is 0 Å². The quantitative estimate of drug-likeness (QED) is 0.725. The second-order valence-electron chi connectivity index (χ2n) is 6.48. The fourth-order valence-corrected chi connectivity index (χ4v) is 4.01. The SMILES string of the molecule is CN(C)C(=O)C1CCCN1c1nc(-c2ccsc2)nc2ccccc12. The summed E-state index contributed by atoms with van der Waals surface area (Å²) in [4.78, 5) is 26.0. The van der Waals surface area contributed by atoms with E-state index >= 15 is 0 Å². The number of benzene rings is 1. The molecule has 3 heterocycles. The molecule has 1 fully saturated rings. The Morgan fingerprint density at radius 1 is 1.24 bits per heavy atom. The molecule has 1 atom stereocenters. The molecule has 0 spiro atoms. The minimum atomic E-state index is -0.149. The Morgan fingerprint density at radius 3 is 2.84 bits per heavy atom. The number of carbonyl (C=O) groups excluding carboxylic acids is 1. The van der Waals surface area contributed by atoms with Crippen LogP contribution in [0.25, 0.3) is 22.3 Å². The Kier molecular flexibility index (Phi) is 4.13. The van der Waals surface area contributed by atoms with Crippen LogP contribution >= 0.6 is 11.3 Å². The van der Waals surface area contributed by atoms with E-state index in [1.54, 1.807) is 16.2 Å². The predicted octanol–water partition coefficient (Wildman–Crippen LogP) is 3.42. The first-order chi connectivity index (χ1) is 12.1. The van der Waals surface area contributed by atoms with Gasteiger partial charge < -0.3 is 9.80 Å². The van der Waals surface area contributed by atoms with E-state index in [-0.39, 0.29) is 11.9 Å². The number of fused-ring (bicyclic) bond motifs is 1. The third-order valence-corrected chi connectivity index (χ3v) is 5.30. The average molecular weight is 352 g/mol. The van der Waals surface area contributed by atoms with Crippen LogP contribution in [0.3, 0.4) is 0 Å². The molecule has 4 rings (SSSR count). The topological polar surface area (TPSA) is 49.3 Å². The van der Waals surface area contributed by atoms with E-state index in [4.69, 9.17) is 9.97 Å². The van der Waals surface area contributed by atoms with E-state index in [0.717, 1.165) is 47.5 Å². The molecule has 1 aliphatic heterocycles. The van der Waals surface area contributed by atoms with E-state index in [2.05, 4.69) is 10.3 Å². The maximum absolute atomic E-state index is 12.6. The van der Waals surface area contributed by atoms with E-state index in [1.165, 1.54) is 0 Å². The molecule has 0 N–H and O–H groups in total. The normalized spacial score (nSPS) is 17.2. The zero-order valence-corrected chi connectivity index (χ0v) is 15.2. The maximum atomic E-state index is 12.6. The first kappa shape index (κ1) is 16.0. The largest absolute Gasteiger partial charge is 0.347 e. The average Bonchev–Trinajstić information content (AvgIpc) is 3.31. The Labute approximate surface area is 150 Å². The summed E-state index contributed by atoms with van der Waals surface area (Å²) in [6, 6.07) is 9.92. The van der Waals surface area contributed by atoms with Crippen LogP contribution in [0, 0.1) is 0 Å². The maximum Gasteiger partial charge on any atom is 0.244 e. The van der Waals surface area contributed by atoms with Gasteiger partial charge in [-0.3, -0.25) is 4.79 Å². The van der Waals surface area contributed by atoms with Gasteiger partial charge in [0.15, 0.2) is 5.82 Å². The van der Waals surface area contributed by atoms with Crippen molar-refractivity contribution in [2.45, 2.75) is 18.9 Å². The lowest BCUT2D eigenvalue weighted by Gasteiger charge is -2.28. The highest BCUT2D eigenvalue weighted by Gasteiger charge is 2.33. The van der Waals surface area contributed by atoms with Gasteiger partial charge in [0, 0.05) is 37.0 Å². The van der Waals surface area contributed by atoms with Crippen LogP contribution in [-0.2, 0) is 4.79 Å². The predicted molar refractivity (Wildman–Crippen MR) is 102 cm³/mol. The van der Waals surface area contributed by atoms with E-state index < -0.39 is 0 Å². The first-order valence-corrected chi connectivity index (χ1v) is 9.36. The number of thiophene rings is 1. The molecule has 3 aromatic rings. The summed E-state index contributed by atoms with van der Waals surface area (Å²) in [5, 5.41) is 5.09. The molecular weight excluding hydrogens is 332 g/mol. The van der Waals surface area contributed by atoms with Gasteiger partial charge in [-0.1, -0.05) is 12.1 Å². The molecule has 0 bridgehead atoms. The van der Waals surface area contributed by atoms with Gasteiger partial charge >= 0.3 is 0 Å². The number of nitrogens with zero attached hydrogens (tertiary/aromatic N) is 4. The number of hydrogen-bond donors (Lipinski definition) is 0. The third kappa shape index (κ3) is 2.87. The smallest absolute Gasteiger partial charge is 0.244 e. The molecule has 0 saturated carbocycles. The number of anilines is 1. The van der Waals surface area contributed by atoms with Crippen molar-refractivity contribution in [3.05, 3.63) is 41.1 Å². The van der Waals surface area contributed by atoms with Gasteiger partial charge in [-0.25, -0.2) is 9.97 Å². The number of para-hydroxylation sites is 1. The van der Waals surface area contributed by atoms with Crippen LogP contribution in [0.2, 0.25) is 0 Å². The molecule has 1 aromatic carbocycles. The standard InChI is InChI=1S/C19H20N4OS/c1-22(2)19(24)16-8-5-10-23(16)18-14-6-3-4-7-15(14)20-17(21-18)13-9-11-25-12-13/h3-4,6-7,9,11-12,16H,5,8,10H2,1-2H3. The molecule has 1 unspecified atom stereocenters. The summed E-state index contributed by atoms with van der Waals surface area (Å²) in [6.07, 6.45) is 1.86. The molecule has 6 heteroatoms. The number of amides is 1. The van der Waals surface area contributed by atoms with Crippen LogP contribution in [0.1, 0.15) is 12.8 Å². The lowest BCUT2D eigenvalue weighted by Crippen LogP contribution is -2.43. The van der Waals surface area contributed by atoms with Gasteiger partial charge in [-0.2, -0.15) is 11.3 Å². The lowest BCUT2D eigenvalue weighted by molar-refractivity contribution is -0.129. The Morgan fingerprint density at radius 2 is 2.08 bits per heavy atom. The van der Waals surface area contributed by atoms with Crippen LogP contribution in [-0.4, -0.2) is 47.5 Å². The fourth-order valence-electron chi connectivity index (χ4n) is 3.37. The molecule has 1 amide bonds. The Balaban J connectivity index is 1.86. The number of likely N-dealkylation sites (N-methyl/N-ethyl adjacent to an activating group) is 1. The van der Waals surface area contributed by atoms with Crippen LogP contribution in [0.4, 0.5) is 5.82 Å². The highest BCUT2D eigenvalue weighted by Crippen LogP contribution is 2.33. The zero-order valence-electron chi connectivity index (χ0n) is 14.3. The molecule has 128 valence electrons. The molecule has 2 aromatic heterocycles. The molecule has 5 nitrogen and oxygen atoms in total. The summed E-state index contributed by atoms with van der Waals surface area (Å²) in [7, 11) is 3.63. The molecule has 1 saturated heterocycles. The number of carbonyl (C=O) groups is 1. The van der Waals surface area contributed by atoms with Gasteiger partial charge in [0.2, 0.25) is 5.91 Å². The van der Waals surface area contributed by atoms with Crippen molar-refractivity contribution in [2.75, 3.05) is 25.5 Å². The minimum absolute atomic E-state index is 0.136. The highest BCUT2D eigenvalue weighted by molar-refractivity contribution is 7.08. The van der Waals surface area contributed by atoms with E-state index in [1.807, 2.05) is 49.8 Å². The van der Waals surface area contributed by atoms with Crippen LogP contribution in [0.5, 0.6) is 0 Å². The minimum Gasteiger partial charge on any atom is -0.347 e. The van der Waals surface area contributed by atoms with Gasteiger partial charge in [-0.15, -0.1) is 0 Å². The second kappa shape index (κ2) is 6.44. The molecule has 0 radical (unpaired) electrons. The molecule has 0 aliphatic carbocycles. The lowest BCUT2D eigenvalue weighted by atomic mass is 10.1. The number of hydrogen-bond acceptors (Lipinski definition) is 5. The second-order valence-corrected chi connectivity index (χ2v) is 7.26. The van der Waals surface area contributed by atoms with Gasteiger partial charge in [0.1, 0.15) is 11.9 Å². The van der Waals surface area contributed by atoms with Crippen molar-refractivity contribution >= 4 is 34.0 Å². The summed E-state index contributed by atoms with van der Waals surface area (Å²) in [5.74, 6) is 1.72. The Bertz CT molecular complexity index is 907. The van der Waals surface area contributed by atoms with E-state index in [0.29, 0.717) is 0 Å². The summed E-state index contributed by atoms with van der Waals surface area (Å²) >= 11 is 1.63. The van der Waals surface area contributed by atoms with Gasteiger partial charge in [0.25, 0.3) is 0 Å². The third-order valence-electron chi connectivity index (χ3n) is 4.61. The summed E-state index contributed by atoms with van der Waals surface area (Å²) in [6.45, 7) is 0.842. The molecular formula is C19H20N4OS. The highest BCUT2D eigenvalue weighted by atomic mass is 32.1. The van der Waals surface area contributed by atoms with Gasteiger partial charge in [-0.05, 0) is 36.4 Å². The van der Waals surface area contributed by atoms with Crippen molar-refractivity contribution < 1.29 is 4.79 Å². The van der Waals surface area contributed by atoms with Gasteiger partial charge in [0.05, 0.1) is 5.52 Å². The summed E-state index contributed by atoms with van der Waals surface area (Å²) < 4.78 is 0. The zero-order chi connectivity index (χ0) is 17.4. The fraction of sp³-hybridized carbons (Fsp3) is 0.316. The molecule has 25 heavy (non-hydrogen) atoms.